The van der Waals surface area contributed by atoms with Gasteiger partial charge in [0.25, 0.3) is 0 Å². The predicted octanol–water partition coefficient (Wildman–Crippen LogP) is 2.47. The minimum atomic E-state index is -4.69. The molecule has 110 valence electrons. The highest BCUT2D eigenvalue weighted by Crippen LogP contribution is 2.40. The molecule has 1 aromatic rings. The summed E-state index contributed by atoms with van der Waals surface area (Å²) in [5, 5.41) is 0. The molecule has 0 aromatic heterocycles. The van der Waals surface area contributed by atoms with Crippen LogP contribution in [0.3, 0.4) is 0 Å². The summed E-state index contributed by atoms with van der Waals surface area (Å²) >= 11 is 0. The van der Waals surface area contributed by atoms with E-state index in [-0.39, 0.29) is 24.4 Å². The Balaban J connectivity index is 2.54. The minimum Gasteiger partial charge on any atom is -0.334 e. The molecule has 1 saturated heterocycles. The zero-order chi connectivity index (χ0) is 15.1. The van der Waals surface area contributed by atoms with E-state index in [9.17, 15) is 22.4 Å². The van der Waals surface area contributed by atoms with Crippen molar-refractivity contribution in [3.63, 3.8) is 0 Å². The molecule has 7 heteroatoms. The van der Waals surface area contributed by atoms with Crippen LogP contribution in [0.1, 0.15) is 30.5 Å². The highest BCUT2D eigenvalue weighted by atomic mass is 19.4. The van der Waals surface area contributed by atoms with Crippen molar-refractivity contribution in [3.8, 4) is 0 Å². The minimum absolute atomic E-state index is 0.00677. The molecular formula is C13H14F4N2O. The topological polar surface area (TPSA) is 46.3 Å². The van der Waals surface area contributed by atoms with Gasteiger partial charge in [0.2, 0.25) is 5.91 Å². The lowest BCUT2D eigenvalue weighted by Gasteiger charge is -2.28. The molecule has 0 aliphatic carbocycles. The van der Waals surface area contributed by atoms with Gasteiger partial charge in [-0.25, -0.2) is 4.39 Å². The van der Waals surface area contributed by atoms with Gasteiger partial charge in [-0.2, -0.15) is 13.2 Å². The van der Waals surface area contributed by atoms with Gasteiger partial charge in [0.15, 0.2) is 0 Å². The summed E-state index contributed by atoms with van der Waals surface area (Å²) in [6, 6.07) is 0.857. The molecule has 1 amide bonds. The second-order valence-electron chi connectivity index (χ2n) is 4.72. The molecule has 20 heavy (non-hydrogen) atoms. The Morgan fingerprint density at radius 1 is 1.40 bits per heavy atom. The van der Waals surface area contributed by atoms with Gasteiger partial charge in [-0.1, -0.05) is 6.07 Å². The lowest BCUT2D eigenvalue weighted by atomic mass is 9.95. The van der Waals surface area contributed by atoms with Crippen LogP contribution in [-0.2, 0) is 11.0 Å². The summed E-state index contributed by atoms with van der Waals surface area (Å²) in [5.41, 5.74) is 4.56. The average molecular weight is 290 g/mol. The molecule has 1 aromatic carbocycles. The quantitative estimate of drug-likeness (QED) is 0.850. The van der Waals surface area contributed by atoms with Crippen molar-refractivity contribution < 1.29 is 22.4 Å². The Hall–Kier alpha value is -1.63. The van der Waals surface area contributed by atoms with Crippen molar-refractivity contribution in [1.82, 2.24) is 4.90 Å². The van der Waals surface area contributed by atoms with Crippen LogP contribution < -0.4 is 5.73 Å². The summed E-state index contributed by atoms with van der Waals surface area (Å²) < 4.78 is 52.2. The smallest absolute Gasteiger partial charge is 0.334 e. The second-order valence-corrected chi connectivity index (χ2v) is 4.72. The third kappa shape index (κ3) is 2.49. The molecule has 2 N–H and O–H groups in total. The van der Waals surface area contributed by atoms with Gasteiger partial charge in [-0.05, 0) is 24.6 Å². The van der Waals surface area contributed by atoms with Crippen LogP contribution in [0.2, 0.25) is 0 Å². The zero-order valence-electron chi connectivity index (χ0n) is 10.7. The Bertz CT molecular complexity index is 530. The average Bonchev–Trinajstić information content (AvgIpc) is 2.62. The maximum absolute atomic E-state index is 13.1. The molecule has 0 radical (unpaired) electrons. The Morgan fingerprint density at radius 3 is 2.60 bits per heavy atom. The molecule has 0 spiro atoms. The number of alkyl halides is 3. The first-order valence-electron chi connectivity index (χ1n) is 6.17. The molecule has 1 heterocycles. The number of likely N-dealkylation sites (tertiary alicyclic amines) is 1. The number of nitrogens with two attached hydrogens (primary N) is 1. The molecule has 2 unspecified atom stereocenters. The van der Waals surface area contributed by atoms with Gasteiger partial charge in [0.1, 0.15) is 5.82 Å². The van der Waals surface area contributed by atoms with E-state index >= 15 is 0 Å². The Labute approximate surface area is 113 Å². The largest absolute Gasteiger partial charge is 0.416 e. The number of carbonyl (C=O) groups is 1. The van der Waals surface area contributed by atoms with E-state index in [2.05, 4.69) is 0 Å². The van der Waals surface area contributed by atoms with Gasteiger partial charge in [-0.15, -0.1) is 0 Å². The maximum atomic E-state index is 13.1. The number of benzene rings is 1. The van der Waals surface area contributed by atoms with Crippen molar-refractivity contribution in [2.75, 3.05) is 6.54 Å². The monoisotopic (exact) mass is 290 g/mol. The highest BCUT2D eigenvalue weighted by molar-refractivity contribution is 5.80. The summed E-state index contributed by atoms with van der Waals surface area (Å²) in [6.45, 7) is 1.92. The summed E-state index contributed by atoms with van der Waals surface area (Å²) in [7, 11) is 0. The zero-order valence-corrected chi connectivity index (χ0v) is 10.7. The molecule has 2 rings (SSSR count). The number of carbonyl (C=O) groups excluding carboxylic acids is 1. The van der Waals surface area contributed by atoms with Crippen LogP contribution in [0, 0.1) is 5.82 Å². The Kier molecular flexibility index (Phi) is 3.73. The lowest BCUT2D eigenvalue weighted by Crippen LogP contribution is -2.34. The first-order valence-corrected chi connectivity index (χ1v) is 6.17. The second kappa shape index (κ2) is 5.05. The Morgan fingerprint density at radius 2 is 2.05 bits per heavy atom. The number of amides is 1. The summed E-state index contributed by atoms with van der Waals surface area (Å²) in [5.74, 6) is -1.26. The van der Waals surface area contributed by atoms with Crippen LogP contribution in [-0.4, -0.2) is 23.4 Å². The molecular weight excluding hydrogens is 276 g/mol. The van der Waals surface area contributed by atoms with Crippen LogP contribution in [0.25, 0.3) is 0 Å². The number of hydrogen-bond donors (Lipinski definition) is 1. The van der Waals surface area contributed by atoms with Crippen molar-refractivity contribution in [1.29, 1.82) is 0 Å². The first kappa shape index (κ1) is 14.8. The van der Waals surface area contributed by atoms with Crippen LogP contribution >= 0.6 is 0 Å². The van der Waals surface area contributed by atoms with Gasteiger partial charge in [0.05, 0.1) is 11.6 Å². The third-order valence-corrected chi connectivity index (χ3v) is 3.45. The number of nitrogens with zero attached hydrogens (tertiary/aromatic N) is 1. The van der Waals surface area contributed by atoms with E-state index in [0.717, 1.165) is 12.1 Å². The molecule has 0 bridgehead atoms. The van der Waals surface area contributed by atoms with Crippen LogP contribution in [0.15, 0.2) is 18.2 Å². The number of hydrogen-bond acceptors (Lipinski definition) is 2. The third-order valence-electron chi connectivity index (χ3n) is 3.45. The molecule has 0 saturated carbocycles. The first-order chi connectivity index (χ1) is 9.25. The van der Waals surface area contributed by atoms with Gasteiger partial charge < -0.3 is 10.6 Å². The lowest BCUT2D eigenvalue weighted by molar-refractivity contribution is -0.139. The van der Waals surface area contributed by atoms with Crippen molar-refractivity contribution in [2.45, 2.75) is 31.6 Å². The predicted molar refractivity (Wildman–Crippen MR) is 64.1 cm³/mol. The van der Waals surface area contributed by atoms with Crippen LogP contribution in [0.4, 0.5) is 17.6 Å². The SMILES string of the molecule is CCN1C(=O)CC(N)C1c1ccc(F)cc1C(F)(F)F. The normalized spacial score (nSPS) is 23.5. The van der Waals surface area contributed by atoms with Crippen LogP contribution in [0.5, 0.6) is 0 Å². The van der Waals surface area contributed by atoms with E-state index in [1.165, 1.54) is 4.90 Å². The number of halogens is 4. The number of likely N-dealkylation sites (N-methyl/N-ethyl adjacent to an activating group) is 1. The highest BCUT2D eigenvalue weighted by Gasteiger charge is 2.43. The van der Waals surface area contributed by atoms with E-state index in [1.807, 2.05) is 0 Å². The van der Waals surface area contributed by atoms with E-state index in [4.69, 9.17) is 5.73 Å². The maximum Gasteiger partial charge on any atom is 0.416 e. The fourth-order valence-electron chi connectivity index (χ4n) is 2.62. The van der Waals surface area contributed by atoms with E-state index in [0.29, 0.717) is 6.07 Å². The molecule has 1 fully saturated rings. The van der Waals surface area contributed by atoms with E-state index < -0.39 is 29.6 Å². The summed E-state index contributed by atoms with van der Waals surface area (Å²) in [6.07, 6.45) is -4.70. The molecule has 2 atom stereocenters. The molecule has 1 aliphatic rings. The fraction of sp³-hybridized carbons (Fsp3) is 0.462. The van der Waals surface area contributed by atoms with Crippen molar-refractivity contribution in [2.24, 2.45) is 5.73 Å². The van der Waals surface area contributed by atoms with Crippen molar-refractivity contribution >= 4 is 5.91 Å². The standard InChI is InChI=1S/C13H14F4N2O/c1-2-19-11(20)6-10(18)12(19)8-4-3-7(14)5-9(8)13(15,16)17/h3-5,10,12H,2,6,18H2,1H3. The fourth-order valence-corrected chi connectivity index (χ4v) is 2.62. The molecule has 3 nitrogen and oxygen atoms in total. The number of rotatable bonds is 2. The van der Waals surface area contributed by atoms with E-state index in [1.54, 1.807) is 6.92 Å². The molecule has 1 aliphatic heterocycles. The van der Waals surface area contributed by atoms with Gasteiger partial charge in [-0.3, -0.25) is 4.79 Å². The van der Waals surface area contributed by atoms with Crippen molar-refractivity contribution in [3.05, 3.63) is 35.1 Å². The van der Waals surface area contributed by atoms with Gasteiger partial charge >= 0.3 is 6.18 Å². The summed E-state index contributed by atoms with van der Waals surface area (Å²) in [4.78, 5) is 13.0. The van der Waals surface area contributed by atoms with Gasteiger partial charge in [0, 0.05) is 19.0 Å².